The Bertz CT molecular complexity index is 163. The number of nitrogens with one attached hydrogen (secondary N) is 1. The molecule has 0 saturated carbocycles. The van der Waals surface area contributed by atoms with Gasteiger partial charge in [-0.15, -0.1) is 0 Å². The summed E-state index contributed by atoms with van der Waals surface area (Å²) in [7, 11) is 0. The molecule has 4 heteroatoms. The molecule has 1 fully saturated rings. The largest absolute Gasteiger partial charge is 0.394 e. The van der Waals surface area contributed by atoms with Crippen molar-refractivity contribution < 1.29 is 14.3 Å². The summed E-state index contributed by atoms with van der Waals surface area (Å²) in [5, 5.41) is 11.1. The van der Waals surface area contributed by atoms with Crippen LogP contribution in [0.4, 0.5) is 4.39 Å². The summed E-state index contributed by atoms with van der Waals surface area (Å²) in [6.45, 7) is 1.63. The Morgan fingerprint density at radius 2 is 2.36 bits per heavy atom. The second kappa shape index (κ2) is 3.17. The zero-order chi connectivity index (χ0) is 8.43. The predicted octanol–water partition coefficient (Wildman–Crippen LogP) is -0.159. The molecule has 1 saturated heterocycles. The number of aliphatic hydroxyl groups is 1. The van der Waals surface area contributed by atoms with Gasteiger partial charge in [0.05, 0.1) is 12.6 Å². The molecule has 0 aromatic heterocycles. The fraction of sp³-hybridized carbons (Fsp3) is 0.857. The SMILES string of the molecule is CC[C@@H]1[C@@H](CO)NC(=O)[C@@H]1F. The monoisotopic (exact) mass is 161 g/mol. The van der Waals surface area contributed by atoms with Gasteiger partial charge in [0.15, 0.2) is 6.17 Å². The van der Waals surface area contributed by atoms with Crippen LogP contribution in [0.2, 0.25) is 0 Å². The lowest BCUT2D eigenvalue weighted by Crippen LogP contribution is -2.32. The highest BCUT2D eigenvalue weighted by Gasteiger charge is 2.40. The minimum Gasteiger partial charge on any atom is -0.394 e. The summed E-state index contributed by atoms with van der Waals surface area (Å²) in [4.78, 5) is 10.7. The molecule has 1 aliphatic rings. The lowest BCUT2D eigenvalue weighted by atomic mass is 9.97. The Kier molecular flexibility index (Phi) is 2.44. The van der Waals surface area contributed by atoms with Crippen molar-refractivity contribution in [2.24, 2.45) is 5.92 Å². The highest BCUT2D eigenvalue weighted by Crippen LogP contribution is 2.22. The van der Waals surface area contributed by atoms with Gasteiger partial charge in [0.1, 0.15) is 0 Å². The maximum atomic E-state index is 12.9. The molecule has 3 atom stereocenters. The van der Waals surface area contributed by atoms with E-state index >= 15 is 0 Å². The zero-order valence-electron chi connectivity index (χ0n) is 6.38. The van der Waals surface area contributed by atoms with Gasteiger partial charge in [0.25, 0.3) is 5.91 Å². The molecular weight excluding hydrogens is 149 g/mol. The molecule has 1 aliphatic heterocycles. The highest BCUT2D eigenvalue weighted by molar-refractivity contribution is 5.83. The van der Waals surface area contributed by atoms with E-state index in [0.717, 1.165) is 0 Å². The van der Waals surface area contributed by atoms with Gasteiger partial charge in [-0.25, -0.2) is 4.39 Å². The minimum atomic E-state index is -1.43. The number of carbonyl (C=O) groups excluding carboxylic acids is 1. The zero-order valence-corrected chi connectivity index (χ0v) is 6.38. The number of aliphatic hydroxyl groups excluding tert-OH is 1. The van der Waals surface area contributed by atoms with Crippen molar-refractivity contribution in [2.45, 2.75) is 25.6 Å². The summed E-state index contributed by atoms with van der Waals surface area (Å²) in [6.07, 6.45) is -0.859. The van der Waals surface area contributed by atoms with E-state index in [1.807, 2.05) is 0 Å². The first kappa shape index (κ1) is 8.46. The van der Waals surface area contributed by atoms with Crippen LogP contribution in [0, 0.1) is 5.92 Å². The minimum absolute atomic E-state index is 0.176. The molecule has 1 rings (SSSR count). The fourth-order valence-electron chi connectivity index (χ4n) is 1.44. The van der Waals surface area contributed by atoms with Gasteiger partial charge in [-0.3, -0.25) is 4.79 Å². The van der Waals surface area contributed by atoms with Gasteiger partial charge in [0, 0.05) is 5.92 Å². The molecule has 0 aliphatic carbocycles. The Morgan fingerprint density at radius 1 is 1.73 bits per heavy atom. The summed E-state index contributed by atoms with van der Waals surface area (Å²) in [5.74, 6) is -0.941. The van der Waals surface area contributed by atoms with Gasteiger partial charge < -0.3 is 10.4 Å². The van der Waals surface area contributed by atoms with E-state index < -0.39 is 12.1 Å². The van der Waals surface area contributed by atoms with E-state index in [2.05, 4.69) is 5.32 Å². The van der Waals surface area contributed by atoms with Crippen molar-refractivity contribution in [3.05, 3.63) is 0 Å². The molecule has 0 aromatic carbocycles. The van der Waals surface area contributed by atoms with Crippen LogP contribution in [-0.2, 0) is 4.79 Å². The third-order valence-corrected chi connectivity index (χ3v) is 2.14. The maximum Gasteiger partial charge on any atom is 0.255 e. The Morgan fingerprint density at radius 3 is 2.73 bits per heavy atom. The first-order valence-electron chi connectivity index (χ1n) is 3.76. The summed E-state index contributed by atoms with van der Waals surface area (Å²) < 4.78 is 12.9. The van der Waals surface area contributed by atoms with Crippen LogP contribution in [0.15, 0.2) is 0 Å². The Hall–Kier alpha value is -0.640. The molecule has 0 bridgehead atoms. The molecule has 64 valence electrons. The molecule has 0 aromatic rings. The molecule has 11 heavy (non-hydrogen) atoms. The second-order valence-corrected chi connectivity index (χ2v) is 2.77. The molecule has 2 N–H and O–H groups in total. The first-order chi connectivity index (χ1) is 5.20. The number of hydrogen-bond acceptors (Lipinski definition) is 2. The number of hydrogen-bond donors (Lipinski definition) is 2. The van der Waals surface area contributed by atoms with E-state index in [1.54, 1.807) is 6.92 Å². The third kappa shape index (κ3) is 1.35. The maximum absolute atomic E-state index is 12.9. The molecule has 0 spiro atoms. The molecule has 0 unspecified atom stereocenters. The smallest absolute Gasteiger partial charge is 0.255 e. The average molecular weight is 161 g/mol. The number of carbonyl (C=O) groups is 1. The number of halogens is 1. The van der Waals surface area contributed by atoms with Crippen LogP contribution in [0.5, 0.6) is 0 Å². The van der Waals surface area contributed by atoms with E-state index in [-0.39, 0.29) is 18.6 Å². The van der Waals surface area contributed by atoms with E-state index in [4.69, 9.17) is 5.11 Å². The first-order valence-corrected chi connectivity index (χ1v) is 3.76. The van der Waals surface area contributed by atoms with Crippen LogP contribution in [-0.4, -0.2) is 29.8 Å². The van der Waals surface area contributed by atoms with Crippen LogP contribution < -0.4 is 5.32 Å². The molecular formula is C7H12FNO2. The van der Waals surface area contributed by atoms with E-state index in [9.17, 15) is 9.18 Å². The topological polar surface area (TPSA) is 49.3 Å². The predicted molar refractivity (Wildman–Crippen MR) is 37.7 cm³/mol. The molecule has 1 heterocycles. The molecule has 0 radical (unpaired) electrons. The quantitative estimate of drug-likeness (QED) is 0.591. The van der Waals surface area contributed by atoms with Gasteiger partial charge >= 0.3 is 0 Å². The lowest BCUT2D eigenvalue weighted by molar-refractivity contribution is -0.123. The number of rotatable bonds is 2. The van der Waals surface area contributed by atoms with Crippen LogP contribution in [0.1, 0.15) is 13.3 Å². The van der Waals surface area contributed by atoms with Gasteiger partial charge in [-0.05, 0) is 6.42 Å². The van der Waals surface area contributed by atoms with Crippen molar-refractivity contribution in [3.8, 4) is 0 Å². The van der Waals surface area contributed by atoms with Crippen molar-refractivity contribution in [2.75, 3.05) is 6.61 Å². The van der Waals surface area contributed by atoms with Crippen LogP contribution in [0.3, 0.4) is 0 Å². The molecule has 3 nitrogen and oxygen atoms in total. The van der Waals surface area contributed by atoms with Gasteiger partial charge in [0.2, 0.25) is 0 Å². The number of alkyl halides is 1. The van der Waals surface area contributed by atoms with Crippen LogP contribution >= 0.6 is 0 Å². The van der Waals surface area contributed by atoms with Crippen molar-refractivity contribution in [3.63, 3.8) is 0 Å². The third-order valence-electron chi connectivity index (χ3n) is 2.14. The Labute approximate surface area is 64.6 Å². The molecule has 1 amide bonds. The van der Waals surface area contributed by atoms with E-state index in [1.165, 1.54) is 0 Å². The second-order valence-electron chi connectivity index (χ2n) is 2.77. The normalized spacial score (nSPS) is 37.4. The standard InChI is InChI=1S/C7H12FNO2/c1-2-4-5(3-10)9-7(11)6(4)8/h4-6,10H,2-3H2,1H3,(H,9,11)/t4-,5-,6-/m1/s1. The average Bonchev–Trinajstić information content (AvgIpc) is 2.28. The summed E-state index contributed by atoms with van der Waals surface area (Å²) in [6, 6.07) is -0.387. The summed E-state index contributed by atoms with van der Waals surface area (Å²) >= 11 is 0. The fourth-order valence-corrected chi connectivity index (χ4v) is 1.44. The van der Waals surface area contributed by atoms with Crippen molar-refractivity contribution in [1.29, 1.82) is 0 Å². The van der Waals surface area contributed by atoms with Crippen molar-refractivity contribution in [1.82, 2.24) is 5.32 Å². The van der Waals surface area contributed by atoms with Crippen LogP contribution in [0.25, 0.3) is 0 Å². The number of amides is 1. The van der Waals surface area contributed by atoms with Gasteiger partial charge in [-0.2, -0.15) is 0 Å². The van der Waals surface area contributed by atoms with Gasteiger partial charge in [-0.1, -0.05) is 6.92 Å². The lowest BCUT2D eigenvalue weighted by Gasteiger charge is -2.14. The highest BCUT2D eigenvalue weighted by atomic mass is 19.1. The van der Waals surface area contributed by atoms with E-state index in [0.29, 0.717) is 6.42 Å². The summed E-state index contributed by atoms with van der Waals surface area (Å²) in [5.41, 5.74) is 0. The van der Waals surface area contributed by atoms with Crippen molar-refractivity contribution >= 4 is 5.91 Å². The Balaban J connectivity index is 2.64.